The van der Waals surface area contributed by atoms with E-state index in [1.165, 1.54) is 6.20 Å². The second-order valence-electron chi connectivity index (χ2n) is 7.68. The van der Waals surface area contributed by atoms with Gasteiger partial charge in [-0.15, -0.1) is 0 Å². The van der Waals surface area contributed by atoms with Gasteiger partial charge in [0.25, 0.3) is 0 Å². The lowest BCUT2D eigenvalue weighted by Crippen LogP contribution is -2.25. The first-order valence-electron chi connectivity index (χ1n) is 10.1. The summed E-state index contributed by atoms with van der Waals surface area (Å²) in [6, 6.07) is 11.0. The van der Waals surface area contributed by atoms with Crippen molar-refractivity contribution in [2.45, 2.75) is 38.0 Å². The van der Waals surface area contributed by atoms with E-state index in [-0.39, 0.29) is 11.9 Å². The predicted octanol–water partition coefficient (Wildman–Crippen LogP) is 5.14. The van der Waals surface area contributed by atoms with Gasteiger partial charge in [-0.25, -0.2) is 4.98 Å². The zero-order valence-corrected chi connectivity index (χ0v) is 17.0. The number of hydrogen-bond donors (Lipinski definition) is 1. The van der Waals surface area contributed by atoms with Gasteiger partial charge in [-0.05, 0) is 68.0 Å². The smallest absolute Gasteiger partial charge is 0.451 e. The Hall–Kier alpha value is -2.94. The van der Waals surface area contributed by atoms with Crippen molar-refractivity contribution < 1.29 is 22.6 Å². The first-order chi connectivity index (χ1) is 14.9. The van der Waals surface area contributed by atoms with Gasteiger partial charge in [0.1, 0.15) is 5.75 Å². The van der Waals surface area contributed by atoms with Crippen molar-refractivity contribution >= 4 is 0 Å². The largest absolute Gasteiger partial charge is 0.490 e. The quantitative estimate of drug-likeness (QED) is 0.584. The minimum atomic E-state index is -4.56. The second-order valence-corrected chi connectivity index (χ2v) is 7.68. The topological polar surface area (TPSA) is 72.9 Å². The lowest BCUT2D eigenvalue weighted by Gasteiger charge is -2.28. The van der Waals surface area contributed by atoms with Gasteiger partial charge in [-0.1, -0.05) is 0 Å². The van der Waals surface area contributed by atoms with Crippen LogP contribution in [0.1, 0.15) is 31.5 Å². The van der Waals surface area contributed by atoms with E-state index in [4.69, 9.17) is 9.47 Å². The number of alkyl halides is 3. The van der Waals surface area contributed by atoms with Gasteiger partial charge in [0.05, 0.1) is 11.8 Å². The number of ether oxygens (including phenoxy) is 2. The number of pyridine rings is 1. The summed E-state index contributed by atoms with van der Waals surface area (Å²) in [5.41, 5.74) is 1.98. The number of halogens is 3. The number of aromatic nitrogens is 4. The molecule has 164 valence electrons. The van der Waals surface area contributed by atoms with Crippen LogP contribution >= 0.6 is 0 Å². The van der Waals surface area contributed by atoms with Crippen LogP contribution in [0.4, 0.5) is 13.2 Å². The van der Waals surface area contributed by atoms with E-state index in [9.17, 15) is 13.2 Å². The van der Waals surface area contributed by atoms with Gasteiger partial charge < -0.3 is 9.47 Å². The lowest BCUT2D eigenvalue weighted by atomic mass is 9.88. The van der Waals surface area contributed by atoms with Crippen molar-refractivity contribution in [2.24, 2.45) is 5.92 Å². The van der Waals surface area contributed by atoms with Gasteiger partial charge in [0, 0.05) is 31.0 Å². The zero-order valence-electron chi connectivity index (χ0n) is 17.0. The molecular formula is C22H23F3N4O2. The molecule has 2 aromatic heterocycles. The number of benzene rings is 1. The summed E-state index contributed by atoms with van der Waals surface area (Å²) in [6.07, 6.45) is 1.39. The average Bonchev–Trinajstić information content (AvgIpc) is 3.27. The van der Waals surface area contributed by atoms with E-state index >= 15 is 0 Å². The van der Waals surface area contributed by atoms with E-state index in [0.29, 0.717) is 17.2 Å². The molecule has 1 fully saturated rings. The molecule has 1 aromatic carbocycles. The second kappa shape index (κ2) is 9.05. The molecule has 6 nitrogen and oxygen atoms in total. The number of nitrogens with zero attached hydrogens (tertiary/aromatic N) is 3. The first kappa shape index (κ1) is 21.3. The van der Waals surface area contributed by atoms with Crippen LogP contribution in [0.5, 0.6) is 5.75 Å². The molecule has 0 unspecified atom stereocenters. The predicted molar refractivity (Wildman–Crippen MR) is 108 cm³/mol. The van der Waals surface area contributed by atoms with E-state index < -0.39 is 12.0 Å². The summed E-state index contributed by atoms with van der Waals surface area (Å²) in [5, 5.41) is 5.52. The third-order valence-corrected chi connectivity index (χ3v) is 5.42. The Labute approximate surface area is 177 Å². The number of nitrogens with one attached hydrogen (secondary N) is 1. The Morgan fingerprint density at radius 3 is 2.29 bits per heavy atom. The summed E-state index contributed by atoms with van der Waals surface area (Å²) >= 11 is 0. The number of hydrogen-bond acceptors (Lipinski definition) is 5. The summed E-state index contributed by atoms with van der Waals surface area (Å²) in [4.78, 5) is 7.82. The van der Waals surface area contributed by atoms with Gasteiger partial charge >= 0.3 is 6.18 Å². The summed E-state index contributed by atoms with van der Waals surface area (Å²) in [7, 11) is 1.74. The average molecular weight is 432 g/mol. The maximum absolute atomic E-state index is 12.7. The molecule has 0 saturated heterocycles. The van der Waals surface area contributed by atoms with Crippen LogP contribution in [-0.4, -0.2) is 40.0 Å². The molecule has 4 rings (SSSR count). The Balaban J connectivity index is 1.37. The molecule has 0 aliphatic heterocycles. The monoisotopic (exact) mass is 432 g/mol. The van der Waals surface area contributed by atoms with Crippen LogP contribution in [0, 0.1) is 5.92 Å². The van der Waals surface area contributed by atoms with Crippen LogP contribution < -0.4 is 4.74 Å². The lowest BCUT2D eigenvalue weighted by molar-refractivity contribution is -0.144. The van der Waals surface area contributed by atoms with Gasteiger partial charge in [0.15, 0.2) is 5.82 Å². The number of H-pyrrole nitrogens is 1. The number of methoxy groups -OCH3 is 1. The molecular weight excluding hydrogens is 409 g/mol. The molecule has 1 aliphatic carbocycles. The molecule has 1 aliphatic rings. The normalized spacial score (nSPS) is 19.4. The summed E-state index contributed by atoms with van der Waals surface area (Å²) in [6.45, 7) is 0.812. The molecule has 3 aromatic rings. The SMILES string of the molecule is COCC1CCC(Oc2ccc(-c3ccc(-c4n[nH]c(C(F)(F)F)n4)cn3)cc2)CC1. The highest BCUT2D eigenvalue weighted by Gasteiger charge is 2.35. The van der Waals surface area contributed by atoms with Gasteiger partial charge in [-0.2, -0.15) is 18.3 Å². The summed E-state index contributed by atoms with van der Waals surface area (Å²) in [5.74, 6) is 0.263. The molecule has 1 saturated carbocycles. The van der Waals surface area contributed by atoms with E-state index in [1.54, 1.807) is 19.2 Å². The highest BCUT2D eigenvalue weighted by Crippen LogP contribution is 2.30. The van der Waals surface area contributed by atoms with Gasteiger partial charge in [0.2, 0.25) is 5.82 Å². The fraction of sp³-hybridized carbons (Fsp3) is 0.409. The molecule has 0 spiro atoms. The third-order valence-electron chi connectivity index (χ3n) is 5.42. The maximum atomic E-state index is 12.7. The molecule has 0 atom stereocenters. The van der Waals surface area contributed by atoms with Crippen molar-refractivity contribution in [3.8, 4) is 28.4 Å². The Morgan fingerprint density at radius 1 is 1.00 bits per heavy atom. The van der Waals surface area contributed by atoms with Crippen LogP contribution in [0.3, 0.4) is 0 Å². The fourth-order valence-electron chi connectivity index (χ4n) is 3.76. The maximum Gasteiger partial charge on any atom is 0.451 e. The number of rotatable bonds is 6. The standard InChI is InChI=1S/C22H23F3N4O2/c1-30-13-14-2-7-17(8-3-14)31-18-9-4-15(5-10-18)19-11-6-16(12-26-19)20-27-21(29-28-20)22(23,24)25/h4-6,9-12,14,17H,2-3,7-8,13H2,1H3,(H,27,28,29). The zero-order chi connectivity index (χ0) is 21.8. The molecule has 31 heavy (non-hydrogen) atoms. The fourth-order valence-corrected chi connectivity index (χ4v) is 3.76. The Bertz CT molecular complexity index is 979. The number of aromatic amines is 1. The van der Waals surface area contributed by atoms with Gasteiger partial charge in [-0.3, -0.25) is 10.1 Å². The van der Waals surface area contributed by atoms with Crippen LogP contribution in [0.25, 0.3) is 22.6 Å². The van der Waals surface area contributed by atoms with Crippen LogP contribution in [0.15, 0.2) is 42.6 Å². The molecule has 0 amide bonds. The molecule has 1 N–H and O–H groups in total. The van der Waals surface area contributed by atoms with Crippen LogP contribution in [-0.2, 0) is 10.9 Å². The molecule has 9 heteroatoms. The van der Waals surface area contributed by atoms with E-state index in [2.05, 4.69) is 15.1 Å². The Kier molecular flexibility index (Phi) is 6.22. The van der Waals surface area contributed by atoms with Crippen molar-refractivity contribution in [2.75, 3.05) is 13.7 Å². The van der Waals surface area contributed by atoms with E-state index in [0.717, 1.165) is 43.6 Å². The minimum absolute atomic E-state index is 0.0460. The molecule has 2 heterocycles. The van der Waals surface area contributed by atoms with Crippen molar-refractivity contribution in [3.63, 3.8) is 0 Å². The summed E-state index contributed by atoms with van der Waals surface area (Å²) < 4.78 is 49.3. The highest BCUT2D eigenvalue weighted by molar-refractivity contribution is 5.63. The van der Waals surface area contributed by atoms with Crippen LogP contribution in [0.2, 0.25) is 0 Å². The first-order valence-corrected chi connectivity index (χ1v) is 10.1. The van der Waals surface area contributed by atoms with Crippen molar-refractivity contribution in [1.29, 1.82) is 0 Å². The third kappa shape index (κ3) is 5.22. The van der Waals surface area contributed by atoms with Crippen molar-refractivity contribution in [3.05, 3.63) is 48.4 Å². The molecule has 0 bridgehead atoms. The van der Waals surface area contributed by atoms with Crippen molar-refractivity contribution in [1.82, 2.24) is 20.2 Å². The Morgan fingerprint density at radius 2 is 1.71 bits per heavy atom. The highest BCUT2D eigenvalue weighted by atomic mass is 19.4. The van der Waals surface area contributed by atoms with E-state index in [1.807, 2.05) is 29.4 Å². The minimum Gasteiger partial charge on any atom is -0.490 e. The molecule has 0 radical (unpaired) electrons.